The van der Waals surface area contributed by atoms with Crippen LogP contribution in [0.5, 0.6) is 0 Å². The van der Waals surface area contributed by atoms with Gasteiger partial charge in [0.2, 0.25) is 0 Å². The van der Waals surface area contributed by atoms with Crippen LogP contribution in [0.3, 0.4) is 0 Å². The third kappa shape index (κ3) is 4.42. The van der Waals surface area contributed by atoms with Crippen molar-refractivity contribution < 1.29 is 9.22 Å². The van der Waals surface area contributed by atoms with Crippen molar-refractivity contribution in [3.05, 3.63) is 42.0 Å². The first kappa shape index (κ1) is 15.2. The minimum Gasteiger partial charge on any atom is -0.411 e. The second-order valence-corrected chi connectivity index (χ2v) is 10.9. The lowest BCUT2D eigenvalue weighted by atomic mass is 9.99. The van der Waals surface area contributed by atoms with E-state index in [4.69, 9.17) is 4.43 Å². The van der Waals surface area contributed by atoms with Crippen molar-refractivity contribution in [1.29, 1.82) is 0 Å². The molecule has 0 amide bonds. The van der Waals surface area contributed by atoms with Crippen LogP contribution in [-0.2, 0) is 9.22 Å². The van der Waals surface area contributed by atoms with Crippen LogP contribution >= 0.6 is 0 Å². The first-order chi connectivity index (χ1) is 9.46. The summed E-state index contributed by atoms with van der Waals surface area (Å²) in [7, 11) is -1.66. The number of Topliss-reactive ketones (excluding diaryl/α,β-unsaturated/α-hetero) is 1. The van der Waals surface area contributed by atoms with E-state index in [1.807, 2.05) is 18.2 Å². The van der Waals surface area contributed by atoms with Gasteiger partial charge in [-0.2, -0.15) is 0 Å². The van der Waals surface area contributed by atoms with E-state index in [-0.39, 0.29) is 12.0 Å². The molecule has 0 bridgehead atoms. The lowest BCUT2D eigenvalue weighted by molar-refractivity contribution is -0.122. The Kier molecular flexibility index (Phi) is 4.94. The van der Waals surface area contributed by atoms with Crippen molar-refractivity contribution in [3.63, 3.8) is 0 Å². The highest BCUT2D eigenvalue weighted by Crippen LogP contribution is 2.29. The van der Waals surface area contributed by atoms with E-state index < -0.39 is 8.32 Å². The van der Waals surface area contributed by atoms with E-state index in [2.05, 4.69) is 43.9 Å². The molecule has 3 heteroatoms. The summed E-state index contributed by atoms with van der Waals surface area (Å²) >= 11 is 0. The molecule has 0 radical (unpaired) electrons. The Hall–Kier alpha value is -1.19. The van der Waals surface area contributed by atoms with E-state index in [1.165, 1.54) is 0 Å². The fourth-order valence-corrected chi connectivity index (χ4v) is 3.68. The zero-order valence-electron chi connectivity index (χ0n) is 12.6. The van der Waals surface area contributed by atoms with Crippen molar-refractivity contribution in [2.45, 2.75) is 45.0 Å². The van der Waals surface area contributed by atoms with Crippen LogP contribution in [0.15, 0.2) is 36.4 Å². The molecule has 1 saturated carbocycles. The monoisotopic (exact) mass is 288 g/mol. The van der Waals surface area contributed by atoms with E-state index in [9.17, 15) is 4.79 Å². The van der Waals surface area contributed by atoms with Gasteiger partial charge in [-0.15, -0.1) is 0 Å². The van der Waals surface area contributed by atoms with E-state index in [1.54, 1.807) is 0 Å². The normalized spacial score (nSPS) is 21.6. The molecular formula is C17H24O2Si. The Bertz CT molecular complexity index is 474. The molecule has 0 heterocycles. The van der Waals surface area contributed by atoms with Gasteiger partial charge in [0.25, 0.3) is 0 Å². The third-order valence-electron chi connectivity index (χ3n) is 3.52. The quantitative estimate of drug-likeness (QED) is 0.756. The molecule has 2 nitrogen and oxygen atoms in total. The number of carbonyl (C=O) groups is 1. The molecule has 1 aliphatic carbocycles. The third-order valence-corrected chi connectivity index (χ3v) is 4.50. The van der Waals surface area contributed by atoms with Crippen LogP contribution in [0.2, 0.25) is 19.6 Å². The molecule has 108 valence electrons. The van der Waals surface area contributed by atoms with Crippen molar-refractivity contribution in [2.75, 3.05) is 0 Å². The molecule has 1 fully saturated rings. The molecule has 0 N–H and O–H groups in total. The van der Waals surface area contributed by atoms with Gasteiger partial charge in [-0.3, -0.25) is 4.79 Å². The van der Waals surface area contributed by atoms with Gasteiger partial charge in [-0.05, 0) is 38.0 Å². The summed E-state index contributed by atoms with van der Waals surface area (Å²) < 4.78 is 6.25. The summed E-state index contributed by atoms with van der Waals surface area (Å²) in [6.07, 6.45) is 6.80. The molecule has 0 aliphatic heterocycles. The van der Waals surface area contributed by atoms with Crippen LogP contribution in [0, 0.1) is 5.92 Å². The first-order valence-electron chi connectivity index (χ1n) is 7.39. The SMILES string of the molecule is C[Si](C)(C)O[C@@H](/C=C/c1ccccc1)[C@H]1CCCC1=O. The Labute approximate surface area is 123 Å². The zero-order valence-corrected chi connectivity index (χ0v) is 13.6. The van der Waals surface area contributed by atoms with Gasteiger partial charge < -0.3 is 4.43 Å². The maximum Gasteiger partial charge on any atom is 0.184 e. The second-order valence-electron chi connectivity index (χ2n) is 6.43. The lowest BCUT2D eigenvalue weighted by Crippen LogP contribution is -2.36. The Morgan fingerprint density at radius 2 is 1.95 bits per heavy atom. The van der Waals surface area contributed by atoms with Crippen LogP contribution in [0.1, 0.15) is 24.8 Å². The van der Waals surface area contributed by atoms with Gasteiger partial charge in [0.05, 0.1) is 6.10 Å². The smallest absolute Gasteiger partial charge is 0.184 e. The number of carbonyl (C=O) groups excluding carboxylic acids is 1. The molecule has 2 atom stereocenters. The average molecular weight is 288 g/mol. The van der Waals surface area contributed by atoms with Crippen LogP contribution in [0.25, 0.3) is 6.08 Å². The van der Waals surface area contributed by atoms with Gasteiger partial charge in [-0.1, -0.05) is 42.5 Å². The standard InChI is InChI=1S/C17H24O2Si/c1-20(2,3)19-17(15-10-7-11-16(15)18)13-12-14-8-5-4-6-9-14/h4-6,8-9,12-13,15,17H,7,10-11H2,1-3H3/b13-12+/t15-,17-/m0/s1. The van der Waals surface area contributed by atoms with E-state index >= 15 is 0 Å². The maximum atomic E-state index is 12.0. The summed E-state index contributed by atoms with van der Waals surface area (Å²) in [5.74, 6) is 0.424. The topological polar surface area (TPSA) is 26.3 Å². The number of hydrogen-bond donors (Lipinski definition) is 0. The Balaban J connectivity index is 2.14. The highest BCUT2D eigenvalue weighted by atomic mass is 28.4. The van der Waals surface area contributed by atoms with Crippen molar-refractivity contribution in [1.82, 2.24) is 0 Å². The second kappa shape index (κ2) is 6.51. The number of hydrogen-bond acceptors (Lipinski definition) is 2. The lowest BCUT2D eigenvalue weighted by Gasteiger charge is -2.27. The number of ketones is 1. The minimum absolute atomic E-state index is 0.0571. The summed E-state index contributed by atoms with van der Waals surface area (Å²) in [5, 5.41) is 0. The largest absolute Gasteiger partial charge is 0.411 e. The van der Waals surface area contributed by atoms with Crippen molar-refractivity contribution in [2.24, 2.45) is 5.92 Å². The van der Waals surface area contributed by atoms with Gasteiger partial charge in [0.15, 0.2) is 8.32 Å². The summed E-state index contributed by atoms with van der Waals surface area (Å²) in [5.41, 5.74) is 1.15. The predicted octanol–water partition coefficient (Wildman–Crippen LogP) is 4.29. The van der Waals surface area contributed by atoms with Gasteiger partial charge >= 0.3 is 0 Å². The van der Waals surface area contributed by atoms with E-state index in [0.717, 1.165) is 24.8 Å². The van der Waals surface area contributed by atoms with Crippen LogP contribution in [-0.4, -0.2) is 20.2 Å². The Morgan fingerprint density at radius 1 is 1.25 bits per heavy atom. The minimum atomic E-state index is -1.66. The molecule has 0 saturated heterocycles. The summed E-state index contributed by atoms with van der Waals surface area (Å²) in [4.78, 5) is 12.0. The van der Waals surface area contributed by atoms with Crippen LogP contribution in [0.4, 0.5) is 0 Å². The highest BCUT2D eigenvalue weighted by molar-refractivity contribution is 6.69. The molecule has 20 heavy (non-hydrogen) atoms. The molecule has 1 aromatic carbocycles. The zero-order chi connectivity index (χ0) is 14.6. The molecule has 1 aromatic rings. The molecule has 0 aromatic heterocycles. The number of rotatable bonds is 5. The summed E-state index contributed by atoms with van der Waals surface area (Å²) in [6.45, 7) is 6.53. The van der Waals surface area contributed by atoms with Gasteiger partial charge in [0.1, 0.15) is 5.78 Å². The molecule has 0 spiro atoms. The van der Waals surface area contributed by atoms with Crippen molar-refractivity contribution in [3.8, 4) is 0 Å². The van der Waals surface area contributed by atoms with Gasteiger partial charge in [0, 0.05) is 12.3 Å². The Morgan fingerprint density at radius 3 is 2.50 bits per heavy atom. The first-order valence-corrected chi connectivity index (χ1v) is 10.8. The van der Waals surface area contributed by atoms with Crippen molar-refractivity contribution >= 4 is 20.2 Å². The number of benzene rings is 1. The fourth-order valence-electron chi connectivity index (χ4n) is 2.62. The van der Waals surface area contributed by atoms with Gasteiger partial charge in [-0.25, -0.2) is 0 Å². The van der Waals surface area contributed by atoms with Crippen LogP contribution < -0.4 is 0 Å². The maximum absolute atomic E-state index is 12.0. The average Bonchev–Trinajstić information content (AvgIpc) is 2.81. The molecule has 1 aliphatic rings. The molecule has 0 unspecified atom stereocenters. The summed E-state index contributed by atoms with van der Waals surface area (Å²) in [6, 6.07) is 10.2. The predicted molar refractivity (Wildman–Crippen MR) is 86.0 cm³/mol. The van der Waals surface area contributed by atoms with E-state index in [0.29, 0.717) is 5.78 Å². The highest BCUT2D eigenvalue weighted by Gasteiger charge is 2.33. The fraction of sp³-hybridized carbons (Fsp3) is 0.471. The molecular weight excluding hydrogens is 264 g/mol. The molecule has 2 rings (SSSR count).